The molecule has 1 saturated heterocycles. The molecular formula is C22H22N4O4. The van der Waals surface area contributed by atoms with Crippen molar-refractivity contribution in [1.29, 1.82) is 0 Å². The number of carbonyl (C=O) groups is 2. The van der Waals surface area contributed by atoms with Gasteiger partial charge in [-0.1, -0.05) is 12.1 Å². The van der Waals surface area contributed by atoms with Gasteiger partial charge in [0.05, 0.1) is 24.5 Å². The zero-order chi connectivity index (χ0) is 20.8. The molecule has 154 valence electrons. The van der Waals surface area contributed by atoms with Gasteiger partial charge in [0.2, 0.25) is 0 Å². The highest BCUT2D eigenvalue weighted by atomic mass is 16.5. The van der Waals surface area contributed by atoms with E-state index in [9.17, 15) is 9.59 Å². The summed E-state index contributed by atoms with van der Waals surface area (Å²) < 4.78 is 12.5. The molecule has 0 saturated carbocycles. The number of para-hydroxylation sites is 1. The van der Waals surface area contributed by atoms with Crippen LogP contribution in [0.2, 0.25) is 0 Å². The Morgan fingerprint density at radius 2 is 1.80 bits per heavy atom. The van der Waals surface area contributed by atoms with Crippen LogP contribution in [0.3, 0.4) is 0 Å². The Kier molecular flexibility index (Phi) is 6.05. The predicted octanol–water partition coefficient (Wildman–Crippen LogP) is 2.36. The maximum Gasteiger partial charge on any atom is 0.260 e. The molecule has 0 atom stereocenters. The Labute approximate surface area is 174 Å². The molecule has 2 aromatic carbocycles. The third kappa shape index (κ3) is 4.66. The molecule has 8 heteroatoms. The Morgan fingerprint density at radius 3 is 2.53 bits per heavy atom. The maximum atomic E-state index is 12.8. The minimum absolute atomic E-state index is 0.0248. The Morgan fingerprint density at radius 1 is 1.03 bits per heavy atom. The monoisotopic (exact) mass is 406 g/mol. The molecule has 1 N–H and O–H groups in total. The first kappa shape index (κ1) is 19.7. The van der Waals surface area contributed by atoms with Gasteiger partial charge in [0, 0.05) is 31.2 Å². The van der Waals surface area contributed by atoms with E-state index in [1.165, 1.54) is 0 Å². The van der Waals surface area contributed by atoms with E-state index in [1.54, 1.807) is 58.4 Å². The maximum absolute atomic E-state index is 12.8. The number of aromatic nitrogens is 2. The molecule has 4 rings (SSSR count). The van der Waals surface area contributed by atoms with E-state index < -0.39 is 0 Å². The fraction of sp³-hybridized carbons (Fsp3) is 0.227. The lowest BCUT2D eigenvalue weighted by atomic mass is 10.1. The molecule has 0 spiro atoms. The molecule has 0 bridgehead atoms. The van der Waals surface area contributed by atoms with Gasteiger partial charge in [-0.2, -0.15) is 5.10 Å². The zero-order valence-corrected chi connectivity index (χ0v) is 16.4. The number of nitrogens with zero attached hydrogens (tertiary/aromatic N) is 3. The van der Waals surface area contributed by atoms with Crippen LogP contribution in [0.25, 0.3) is 5.69 Å². The number of hydrogen-bond acceptors (Lipinski definition) is 5. The van der Waals surface area contributed by atoms with Crippen LogP contribution < -0.4 is 10.1 Å². The van der Waals surface area contributed by atoms with Crippen LogP contribution >= 0.6 is 0 Å². The molecule has 1 aromatic heterocycles. The molecule has 3 aromatic rings. The molecular weight excluding hydrogens is 384 g/mol. The fourth-order valence-electron chi connectivity index (χ4n) is 3.16. The highest BCUT2D eigenvalue weighted by molar-refractivity contribution is 6.06. The van der Waals surface area contributed by atoms with E-state index in [0.29, 0.717) is 49.0 Å². The van der Waals surface area contributed by atoms with Crippen molar-refractivity contribution in [1.82, 2.24) is 14.7 Å². The van der Waals surface area contributed by atoms with Crippen LogP contribution in [0.5, 0.6) is 5.75 Å². The first-order chi connectivity index (χ1) is 14.7. The summed E-state index contributed by atoms with van der Waals surface area (Å²) in [5.74, 6) is 0.259. The van der Waals surface area contributed by atoms with Gasteiger partial charge in [-0.3, -0.25) is 9.59 Å². The Bertz CT molecular complexity index is 996. The Balaban J connectivity index is 1.36. The van der Waals surface area contributed by atoms with E-state index in [1.807, 2.05) is 18.2 Å². The van der Waals surface area contributed by atoms with Gasteiger partial charge in [-0.15, -0.1) is 0 Å². The van der Waals surface area contributed by atoms with Crippen molar-refractivity contribution in [3.63, 3.8) is 0 Å². The lowest BCUT2D eigenvalue weighted by Gasteiger charge is -2.26. The number of rotatable bonds is 6. The molecule has 2 heterocycles. The highest BCUT2D eigenvalue weighted by Crippen LogP contribution is 2.19. The number of anilines is 1. The van der Waals surface area contributed by atoms with Crippen molar-refractivity contribution < 1.29 is 19.1 Å². The lowest BCUT2D eigenvalue weighted by molar-refractivity contribution is -0.137. The van der Waals surface area contributed by atoms with Gasteiger partial charge in [0.25, 0.3) is 11.8 Å². The van der Waals surface area contributed by atoms with Gasteiger partial charge in [0.1, 0.15) is 5.75 Å². The second kappa shape index (κ2) is 9.23. The van der Waals surface area contributed by atoms with Gasteiger partial charge >= 0.3 is 0 Å². The SMILES string of the molecule is O=C(Nc1ccc(OCC(=O)N2CCOCC2)cc1)c1ccccc1-n1cccn1. The van der Waals surface area contributed by atoms with Gasteiger partial charge in [-0.25, -0.2) is 4.68 Å². The molecule has 1 aliphatic heterocycles. The fourth-order valence-corrected chi connectivity index (χ4v) is 3.16. The van der Waals surface area contributed by atoms with Crippen molar-refractivity contribution in [3.8, 4) is 11.4 Å². The summed E-state index contributed by atoms with van der Waals surface area (Å²) in [6, 6.07) is 16.0. The van der Waals surface area contributed by atoms with E-state index >= 15 is 0 Å². The summed E-state index contributed by atoms with van der Waals surface area (Å²) in [5, 5.41) is 7.08. The van der Waals surface area contributed by atoms with Crippen molar-refractivity contribution in [2.75, 3.05) is 38.2 Å². The van der Waals surface area contributed by atoms with Gasteiger partial charge in [0.15, 0.2) is 6.61 Å². The summed E-state index contributed by atoms with van der Waals surface area (Å²) in [4.78, 5) is 26.6. The summed E-state index contributed by atoms with van der Waals surface area (Å²) >= 11 is 0. The minimum Gasteiger partial charge on any atom is -0.484 e. The number of nitrogens with one attached hydrogen (secondary N) is 1. The number of benzene rings is 2. The van der Waals surface area contributed by atoms with Gasteiger partial charge < -0.3 is 19.7 Å². The number of hydrogen-bond donors (Lipinski definition) is 1. The van der Waals surface area contributed by atoms with Crippen LogP contribution in [0.15, 0.2) is 67.0 Å². The number of carbonyl (C=O) groups excluding carboxylic acids is 2. The summed E-state index contributed by atoms with van der Waals surface area (Å²) in [6.45, 7) is 2.27. The molecule has 30 heavy (non-hydrogen) atoms. The minimum atomic E-state index is -0.239. The second-order valence-electron chi connectivity index (χ2n) is 6.73. The molecule has 0 aliphatic carbocycles. The smallest absolute Gasteiger partial charge is 0.260 e. The van der Waals surface area contributed by atoms with E-state index in [4.69, 9.17) is 9.47 Å². The molecule has 1 aliphatic rings. The molecule has 1 fully saturated rings. The Hall–Kier alpha value is -3.65. The summed E-state index contributed by atoms with van der Waals surface area (Å²) in [5.41, 5.74) is 1.83. The predicted molar refractivity (Wildman–Crippen MR) is 111 cm³/mol. The van der Waals surface area contributed by atoms with Crippen LogP contribution in [-0.4, -0.2) is 59.4 Å². The van der Waals surface area contributed by atoms with Crippen LogP contribution in [0.4, 0.5) is 5.69 Å². The molecule has 0 unspecified atom stereocenters. The van der Waals surface area contributed by atoms with E-state index in [2.05, 4.69) is 10.4 Å². The average molecular weight is 406 g/mol. The first-order valence-electron chi connectivity index (χ1n) is 9.69. The zero-order valence-electron chi connectivity index (χ0n) is 16.4. The lowest BCUT2D eigenvalue weighted by Crippen LogP contribution is -2.42. The normalized spacial score (nSPS) is 13.7. The van der Waals surface area contributed by atoms with Gasteiger partial charge in [-0.05, 0) is 42.5 Å². The van der Waals surface area contributed by atoms with Crippen molar-refractivity contribution >= 4 is 17.5 Å². The summed E-state index contributed by atoms with van der Waals surface area (Å²) in [7, 11) is 0. The largest absolute Gasteiger partial charge is 0.484 e. The van der Waals surface area contributed by atoms with Crippen LogP contribution in [0, 0.1) is 0 Å². The number of morpholine rings is 1. The topological polar surface area (TPSA) is 85.7 Å². The quantitative estimate of drug-likeness (QED) is 0.679. The molecule has 2 amide bonds. The number of amides is 2. The van der Waals surface area contributed by atoms with Crippen molar-refractivity contribution in [2.24, 2.45) is 0 Å². The standard InChI is InChI=1S/C22H22N4O4/c27-21(25-12-14-29-15-13-25)16-30-18-8-6-17(7-9-18)24-22(28)19-4-1-2-5-20(19)26-11-3-10-23-26/h1-11H,12-16H2,(H,24,28). The molecule has 0 radical (unpaired) electrons. The third-order valence-corrected chi connectivity index (χ3v) is 4.74. The molecule has 8 nitrogen and oxygen atoms in total. The first-order valence-corrected chi connectivity index (χ1v) is 9.69. The van der Waals surface area contributed by atoms with Crippen LogP contribution in [-0.2, 0) is 9.53 Å². The number of ether oxygens (including phenoxy) is 2. The van der Waals surface area contributed by atoms with E-state index in [-0.39, 0.29) is 18.4 Å². The van der Waals surface area contributed by atoms with Crippen molar-refractivity contribution in [2.45, 2.75) is 0 Å². The van der Waals surface area contributed by atoms with Crippen molar-refractivity contribution in [3.05, 3.63) is 72.6 Å². The summed E-state index contributed by atoms with van der Waals surface area (Å²) in [6.07, 6.45) is 3.45. The third-order valence-electron chi connectivity index (χ3n) is 4.74. The van der Waals surface area contributed by atoms with E-state index in [0.717, 1.165) is 0 Å². The highest BCUT2D eigenvalue weighted by Gasteiger charge is 2.17. The second-order valence-corrected chi connectivity index (χ2v) is 6.73. The average Bonchev–Trinajstić information content (AvgIpc) is 3.34. The van der Waals surface area contributed by atoms with Crippen LogP contribution in [0.1, 0.15) is 10.4 Å².